The van der Waals surface area contributed by atoms with Gasteiger partial charge in [0.15, 0.2) is 5.16 Å². The summed E-state index contributed by atoms with van der Waals surface area (Å²) in [4.78, 5) is 11.8. The fourth-order valence-electron chi connectivity index (χ4n) is 2.40. The highest BCUT2D eigenvalue weighted by Crippen LogP contribution is 2.22. The van der Waals surface area contributed by atoms with Gasteiger partial charge < -0.3 is 14.5 Å². The third kappa shape index (κ3) is 4.24. The van der Waals surface area contributed by atoms with Crippen LogP contribution in [0.5, 0.6) is 5.75 Å². The number of pyridine rings is 1. The second-order valence-electron chi connectivity index (χ2n) is 5.48. The van der Waals surface area contributed by atoms with E-state index in [4.69, 9.17) is 13.6 Å². The molecule has 132 valence electrons. The first-order chi connectivity index (χ1) is 13.3. The van der Waals surface area contributed by atoms with Crippen molar-refractivity contribution in [1.82, 2.24) is 15.0 Å². The molecule has 0 fully saturated rings. The molecule has 1 atom stereocenters. The zero-order chi connectivity index (χ0) is 20.1. The minimum Gasteiger partial charge on any atom is -0.493 e. The van der Waals surface area contributed by atoms with Crippen molar-refractivity contribution in [2.75, 3.05) is 20.3 Å². The lowest BCUT2D eigenvalue weighted by atomic mass is 10.2. The maximum atomic E-state index is 12.7. The number of aromatic amines is 1. The molecule has 0 radical (unpaired) electrons. The summed E-state index contributed by atoms with van der Waals surface area (Å²) in [6.45, 7) is 2.25. The van der Waals surface area contributed by atoms with Crippen molar-refractivity contribution < 1.29 is 17.8 Å². The van der Waals surface area contributed by atoms with Gasteiger partial charge in [0, 0.05) is 31.8 Å². The Bertz CT molecular complexity index is 942. The largest absolute Gasteiger partial charge is 0.493 e. The van der Waals surface area contributed by atoms with Crippen LogP contribution >= 0.6 is 0 Å². The summed E-state index contributed by atoms with van der Waals surface area (Å²) in [6.07, 6.45) is 2.05. The Morgan fingerprint density at radius 1 is 1.28 bits per heavy atom. The van der Waals surface area contributed by atoms with E-state index in [1.165, 1.54) is 0 Å². The maximum absolute atomic E-state index is 12.7. The topological polar surface area (TPSA) is 77.1 Å². The van der Waals surface area contributed by atoms with E-state index in [0.717, 1.165) is 16.6 Å². The molecule has 3 aromatic rings. The van der Waals surface area contributed by atoms with Gasteiger partial charge in [0.2, 0.25) is 0 Å². The predicted octanol–water partition coefficient (Wildman–Crippen LogP) is 2.99. The fourth-order valence-corrected chi connectivity index (χ4v) is 3.50. The molecular weight excluding hydrogens is 338 g/mol. The Morgan fingerprint density at radius 2 is 2.16 bits per heavy atom. The van der Waals surface area contributed by atoms with Crippen LogP contribution in [0.25, 0.3) is 11.0 Å². The van der Waals surface area contributed by atoms with Gasteiger partial charge in [-0.2, -0.15) is 0 Å². The van der Waals surface area contributed by atoms with E-state index in [1.807, 2.05) is 31.2 Å². The second-order valence-corrected chi connectivity index (χ2v) is 6.85. The Balaban J connectivity index is 1.61. The molecule has 0 aliphatic rings. The smallest absolute Gasteiger partial charge is 0.197 e. The summed E-state index contributed by atoms with van der Waals surface area (Å²) in [5.41, 5.74) is 3.07. The van der Waals surface area contributed by atoms with E-state index in [-0.39, 0.29) is 12.4 Å². The van der Waals surface area contributed by atoms with E-state index in [2.05, 4.69) is 15.0 Å². The number of ether oxygens (including phenoxy) is 2. The first-order valence-corrected chi connectivity index (χ1v) is 9.20. The van der Waals surface area contributed by atoms with Gasteiger partial charge in [0.05, 0.1) is 44.0 Å². The van der Waals surface area contributed by atoms with Crippen LogP contribution in [0.15, 0.2) is 41.7 Å². The first-order valence-electron chi connectivity index (χ1n) is 9.38. The molecule has 0 aliphatic carbocycles. The Hall–Kier alpha value is -2.25. The summed E-state index contributed by atoms with van der Waals surface area (Å²) in [5, 5.41) is 0.413. The van der Waals surface area contributed by atoms with Gasteiger partial charge in [-0.25, -0.2) is 4.98 Å². The van der Waals surface area contributed by atoms with Crippen LogP contribution in [-0.4, -0.2) is 39.4 Å². The molecule has 0 bridgehead atoms. The van der Waals surface area contributed by atoms with Crippen LogP contribution in [0, 0.1) is 6.92 Å². The van der Waals surface area contributed by atoms with E-state index in [1.54, 1.807) is 12.3 Å². The van der Waals surface area contributed by atoms with Gasteiger partial charge >= 0.3 is 0 Å². The van der Waals surface area contributed by atoms with Crippen molar-refractivity contribution in [3.8, 4) is 5.75 Å². The molecule has 25 heavy (non-hydrogen) atoms. The molecule has 7 heteroatoms. The number of para-hydroxylation sites is 2. The van der Waals surface area contributed by atoms with E-state index < -0.39 is 17.8 Å². The maximum Gasteiger partial charge on any atom is 0.197 e. The molecule has 0 saturated heterocycles. The van der Waals surface area contributed by atoms with Crippen LogP contribution in [0.2, 0.25) is 0 Å². The number of hydrogen-bond acceptors (Lipinski definition) is 5. The number of benzene rings is 1. The average Bonchev–Trinajstić information content (AvgIpc) is 3.07. The molecule has 1 N–H and O–H groups in total. The summed E-state index contributed by atoms with van der Waals surface area (Å²) in [5.74, 6) is 0.839. The third-order valence-electron chi connectivity index (χ3n) is 3.76. The molecule has 2 heterocycles. The van der Waals surface area contributed by atoms with Gasteiger partial charge in [-0.3, -0.25) is 9.19 Å². The minimum absolute atomic E-state index is 0.0869. The normalized spacial score (nSPS) is 14.7. The fraction of sp³-hybridized carbons (Fsp3) is 0.333. The lowest BCUT2D eigenvalue weighted by Gasteiger charge is -2.11. The Morgan fingerprint density at radius 3 is 3.00 bits per heavy atom. The zero-order valence-electron chi connectivity index (χ0n) is 16.8. The number of imidazole rings is 1. The molecule has 0 saturated carbocycles. The average molecular weight is 362 g/mol. The van der Waals surface area contributed by atoms with Crippen LogP contribution in [0.1, 0.15) is 21.8 Å². The van der Waals surface area contributed by atoms with Crippen LogP contribution in [-0.2, 0) is 21.3 Å². The predicted molar refractivity (Wildman–Crippen MR) is 97.2 cm³/mol. The molecule has 2 aromatic heterocycles. The third-order valence-corrected chi connectivity index (χ3v) is 4.92. The molecular formula is C18H21N3O3S. The van der Waals surface area contributed by atoms with Gasteiger partial charge in [-0.1, -0.05) is 12.1 Å². The van der Waals surface area contributed by atoms with Gasteiger partial charge in [0.1, 0.15) is 5.75 Å². The van der Waals surface area contributed by atoms with Crippen molar-refractivity contribution >= 4 is 21.8 Å². The van der Waals surface area contributed by atoms with Crippen molar-refractivity contribution in [3.05, 3.63) is 47.8 Å². The quantitative estimate of drug-likeness (QED) is 0.623. The number of nitrogens with zero attached hydrogens (tertiary/aromatic N) is 2. The molecule has 0 unspecified atom stereocenters. The molecule has 0 aliphatic heterocycles. The number of fused-ring (bicyclic) bond motifs is 1. The standard InChI is InChI=1S/C18H21N3O3S/c1-13-16(19-9-8-17(13)24-11-5-10-23-2)12-25(22)18-20-14-6-3-4-7-15(14)21-18/h3-4,6-9H,5,10-12H2,1-2H3,(H,20,21)/t25-/m0/s1/i2D3. The monoisotopic (exact) mass is 362 g/mol. The van der Waals surface area contributed by atoms with Gasteiger partial charge in [-0.05, 0) is 25.1 Å². The van der Waals surface area contributed by atoms with E-state index in [9.17, 15) is 4.21 Å². The Labute approximate surface area is 153 Å². The molecule has 1 aromatic carbocycles. The molecule has 6 nitrogen and oxygen atoms in total. The number of aromatic nitrogens is 3. The van der Waals surface area contributed by atoms with Crippen molar-refractivity contribution in [3.63, 3.8) is 0 Å². The van der Waals surface area contributed by atoms with Crippen molar-refractivity contribution in [1.29, 1.82) is 0 Å². The summed E-state index contributed by atoms with van der Waals surface area (Å²) < 4.78 is 44.1. The number of nitrogens with one attached hydrogen (secondary N) is 1. The summed E-state index contributed by atoms with van der Waals surface area (Å²) in [6, 6.07) is 9.25. The van der Waals surface area contributed by atoms with E-state index >= 15 is 0 Å². The number of H-pyrrole nitrogens is 1. The highest BCUT2D eigenvalue weighted by Gasteiger charge is 2.14. The van der Waals surface area contributed by atoms with Crippen molar-refractivity contribution in [2.24, 2.45) is 0 Å². The zero-order valence-corrected chi connectivity index (χ0v) is 14.6. The number of hydrogen-bond donors (Lipinski definition) is 1. The number of methoxy groups -OCH3 is 1. The van der Waals surface area contributed by atoms with Crippen LogP contribution in [0.3, 0.4) is 0 Å². The molecule has 0 spiro atoms. The highest BCUT2D eigenvalue weighted by molar-refractivity contribution is 7.84. The van der Waals surface area contributed by atoms with Gasteiger partial charge in [-0.15, -0.1) is 0 Å². The van der Waals surface area contributed by atoms with E-state index in [0.29, 0.717) is 29.6 Å². The van der Waals surface area contributed by atoms with Crippen LogP contribution in [0.4, 0.5) is 0 Å². The Kier molecular flexibility index (Phi) is 4.60. The minimum atomic E-state index is -2.39. The van der Waals surface area contributed by atoms with Gasteiger partial charge in [0.25, 0.3) is 0 Å². The summed E-state index contributed by atoms with van der Waals surface area (Å²) in [7, 11) is -3.76. The molecule has 3 rings (SSSR count). The number of rotatable bonds is 8. The van der Waals surface area contributed by atoms with Crippen LogP contribution < -0.4 is 4.74 Å². The summed E-state index contributed by atoms with van der Waals surface area (Å²) >= 11 is 0. The van der Waals surface area contributed by atoms with Crippen molar-refractivity contribution in [2.45, 2.75) is 24.3 Å². The first kappa shape index (κ1) is 14.0. The SMILES string of the molecule is [2H]C([2H])([2H])OCCCOc1ccnc(C[S@](=O)c2nc3ccccc3[nH]2)c1C. The lowest BCUT2D eigenvalue weighted by molar-refractivity contribution is 0.172. The second kappa shape index (κ2) is 8.22. The lowest BCUT2D eigenvalue weighted by Crippen LogP contribution is -2.06. The molecule has 0 amide bonds. The highest BCUT2D eigenvalue weighted by atomic mass is 32.2.